The lowest BCUT2D eigenvalue weighted by atomic mass is 10.1. The predicted molar refractivity (Wildman–Crippen MR) is 93.0 cm³/mol. The molecular formula is C17H28FN3. The number of hydrogen-bond acceptors (Lipinski definition) is 3. The first-order valence-corrected chi connectivity index (χ1v) is 6.57. The van der Waals surface area contributed by atoms with Gasteiger partial charge < -0.3 is 17.2 Å². The summed E-state index contributed by atoms with van der Waals surface area (Å²) in [6, 6.07) is 4.75. The number of allylic oxidation sites excluding steroid dienone is 3. The standard InChI is InChI=1S/C8H10FN.C6H10.C2H2.CH6N2/c1-2-6-7(9)4-3-5-8(6)10;1-3-5-6-4-2;1-2;2-1-3/h3-5H,2,10H2,1H3;3-4,6H,1,5H2,2H3;1-2H;1-3H2/b;6-4+;;. The van der Waals surface area contributed by atoms with Crippen molar-refractivity contribution in [2.24, 2.45) is 11.5 Å². The van der Waals surface area contributed by atoms with E-state index in [1.165, 1.54) is 6.07 Å². The zero-order valence-electron chi connectivity index (χ0n) is 13.1. The van der Waals surface area contributed by atoms with E-state index < -0.39 is 0 Å². The van der Waals surface area contributed by atoms with E-state index in [2.05, 4.69) is 37.0 Å². The van der Waals surface area contributed by atoms with Gasteiger partial charge in [0.1, 0.15) is 5.82 Å². The van der Waals surface area contributed by atoms with Crippen molar-refractivity contribution in [3.8, 4) is 12.8 Å². The Morgan fingerprint density at radius 2 is 1.81 bits per heavy atom. The van der Waals surface area contributed by atoms with Crippen LogP contribution < -0.4 is 17.2 Å². The maximum Gasteiger partial charge on any atom is 0.128 e. The minimum atomic E-state index is -0.206. The van der Waals surface area contributed by atoms with Crippen LogP contribution in [-0.4, -0.2) is 6.67 Å². The molecule has 0 radical (unpaired) electrons. The lowest BCUT2D eigenvalue weighted by molar-refractivity contribution is 0.613. The van der Waals surface area contributed by atoms with Crippen LogP contribution in [-0.2, 0) is 6.42 Å². The normalized spacial score (nSPS) is 8.33. The summed E-state index contributed by atoms with van der Waals surface area (Å²) in [4.78, 5) is 0. The summed E-state index contributed by atoms with van der Waals surface area (Å²) in [5.41, 5.74) is 15.9. The van der Waals surface area contributed by atoms with Crippen molar-refractivity contribution in [3.05, 3.63) is 54.4 Å². The van der Waals surface area contributed by atoms with Gasteiger partial charge >= 0.3 is 0 Å². The second-order valence-electron chi connectivity index (χ2n) is 3.49. The van der Waals surface area contributed by atoms with Crippen LogP contribution in [0, 0.1) is 18.7 Å². The van der Waals surface area contributed by atoms with Gasteiger partial charge in [-0.3, -0.25) is 0 Å². The zero-order valence-corrected chi connectivity index (χ0v) is 13.1. The van der Waals surface area contributed by atoms with Crippen molar-refractivity contribution in [1.29, 1.82) is 0 Å². The first-order chi connectivity index (χ1) is 10.1. The molecule has 4 heteroatoms. The highest BCUT2D eigenvalue weighted by Crippen LogP contribution is 2.15. The fourth-order valence-electron chi connectivity index (χ4n) is 1.18. The number of halogens is 1. The topological polar surface area (TPSA) is 78.1 Å². The Morgan fingerprint density at radius 3 is 2.05 bits per heavy atom. The van der Waals surface area contributed by atoms with Gasteiger partial charge in [0, 0.05) is 17.9 Å². The third-order valence-corrected chi connectivity index (χ3v) is 2.05. The van der Waals surface area contributed by atoms with Crippen LogP contribution in [0.4, 0.5) is 10.1 Å². The van der Waals surface area contributed by atoms with E-state index in [-0.39, 0.29) is 12.5 Å². The molecule has 1 aromatic carbocycles. The average Bonchev–Trinajstić information content (AvgIpc) is 2.49. The van der Waals surface area contributed by atoms with E-state index in [1.807, 2.05) is 26.0 Å². The summed E-state index contributed by atoms with van der Waals surface area (Å²) >= 11 is 0. The second-order valence-corrected chi connectivity index (χ2v) is 3.49. The van der Waals surface area contributed by atoms with Gasteiger partial charge in [-0.25, -0.2) is 4.39 Å². The number of terminal acetylenes is 1. The number of nitrogens with two attached hydrogens (primary N) is 3. The quantitative estimate of drug-likeness (QED) is 0.346. The molecule has 1 aromatic rings. The van der Waals surface area contributed by atoms with E-state index in [4.69, 9.17) is 5.73 Å². The van der Waals surface area contributed by atoms with Crippen LogP contribution in [0.2, 0.25) is 0 Å². The molecule has 6 N–H and O–H groups in total. The van der Waals surface area contributed by atoms with Gasteiger partial charge in [0.25, 0.3) is 0 Å². The third-order valence-electron chi connectivity index (χ3n) is 2.05. The molecule has 118 valence electrons. The molecule has 1 rings (SSSR count). The second kappa shape index (κ2) is 20.2. The van der Waals surface area contributed by atoms with Crippen LogP contribution in [0.15, 0.2) is 43.0 Å². The van der Waals surface area contributed by atoms with Crippen molar-refractivity contribution in [1.82, 2.24) is 0 Å². The van der Waals surface area contributed by atoms with Crippen molar-refractivity contribution in [2.75, 3.05) is 12.4 Å². The maximum atomic E-state index is 12.8. The first kappa shape index (κ1) is 24.0. The summed E-state index contributed by atoms with van der Waals surface area (Å²) < 4.78 is 12.8. The highest BCUT2D eigenvalue weighted by Gasteiger charge is 2.00. The molecule has 0 fully saturated rings. The van der Waals surface area contributed by atoms with Crippen LogP contribution in [0.3, 0.4) is 0 Å². The molecule has 0 spiro atoms. The largest absolute Gasteiger partial charge is 0.398 e. The van der Waals surface area contributed by atoms with E-state index in [1.54, 1.807) is 12.1 Å². The summed E-state index contributed by atoms with van der Waals surface area (Å²) in [7, 11) is 0. The first-order valence-electron chi connectivity index (χ1n) is 6.57. The minimum absolute atomic E-state index is 0.206. The molecule has 0 aromatic heterocycles. The van der Waals surface area contributed by atoms with Gasteiger partial charge in [-0.2, -0.15) is 0 Å². The Morgan fingerprint density at radius 1 is 1.29 bits per heavy atom. The molecule has 0 atom stereocenters. The Labute approximate surface area is 128 Å². The molecule has 0 aliphatic rings. The smallest absolute Gasteiger partial charge is 0.128 e. The fraction of sp³-hybridized carbons (Fsp3) is 0.294. The van der Waals surface area contributed by atoms with Crippen LogP contribution in [0.5, 0.6) is 0 Å². The van der Waals surface area contributed by atoms with Crippen molar-refractivity contribution in [3.63, 3.8) is 0 Å². The number of rotatable bonds is 3. The highest BCUT2D eigenvalue weighted by molar-refractivity contribution is 5.46. The lowest BCUT2D eigenvalue weighted by Crippen LogP contribution is -2.08. The molecule has 0 aliphatic heterocycles. The fourth-order valence-corrected chi connectivity index (χ4v) is 1.18. The summed E-state index contributed by atoms with van der Waals surface area (Å²) in [6.45, 7) is 7.68. The van der Waals surface area contributed by atoms with Crippen molar-refractivity contribution in [2.45, 2.75) is 26.7 Å². The van der Waals surface area contributed by atoms with Crippen LogP contribution in [0.25, 0.3) is 0 Å². The Balaban J connectivity index is -0.000000253. The Bertz CT molecular complexity index is 378. The van der Waals surface area contributed by atoms with E-state index in [0.717, 1.165) is 6.42 Å². The molecule has 0 heterocycles. The van der Waals surface area contributed by atoms with E-state index in [9.17, 15) is 4.39 Å². The lowest BCUT2D eigenvalue weighted by Gasteiger charge is -2.01. The molecule has 0 amide bonds. The maximum absolute atomic E-state index is 12.8. The van der Waals surface area contributed by atoms with Gasteiger partial charge in [-0.15, -0.1) is 19.4 Å². The number of hydrogen-bond donors (Lipinski definition) is 3. The average molecular weight is 293 g/mol. The monoisotopic (exact) mass is 293 g/mol. The van der Waals surface area contributed by atoms with Gasteiger partial charge in [0.05, 0.1) is 0 Å². The highest BCUT2D eigenvalue weighted by atomic mass is 19.1. The van der Waals surface area contributed by atoms with E-state index >= 15 is 0 Å². The van der Waals surface area contributed by atoms with Crippen LogP contribution >= 0.6 is 0 Å². The summed E-state index contributed by atoms with van der Waals surface area (Å²) in [6.07, 6.45) is 15.6. The van der Waals surface area contributed by atoms with Crippen molar-refractivity contribution >= 4 is 5.69 Å². The van der Waals surface area contributed by atoms with E-state index in [0.29, 0.717) is 17.7 Å². The molecule has 0 bridgehead atoms. The predicted octanol–water partition coefficient (Wildman–Crippen LogP) is 3.22. The van der Waals surface area contributed by atoms with Gasteiger partial charge in [-0.1, -0.05) is 31.2 Å². The number of benzene rings is 1. The number of anilines is 1. The van der Waals surface area contributed by atoms with Gasteiger partial charge in [0.15, 0.2) is 0 Å². The molecule has 0 saturated heterocycles. The zero-order chi connectivity index (χ0) is 17.1. The Kier molecular flexibility index (Phi) is 23.1. The van der Waals surface area contributed by atoms with Gasteiger partial charge in [-0.05, 0) is 31.9 Å². The molecule has 0 aliphatic carbocycles. The van der Waals surface area contributed by atoms with Crippen LogP contribution in [0.1, 0.15) is 25.8 Å². The third kappa shape index (κ3) is 15.9. The minimum Gasteiger partial charge on any atom is -0.398 e. The SMILES string of the molecule is C#C.C=CC/C=C/C.CCc1c(N)cccc1F.NCN. The molecule has 0 unspecified atom stereocenters. The molecule has 3 nitrogen and oxygen atoms in total. The summed E-state index contributed by atoms with van der Waals surface area (Å²) in [5, 5.41) is 0. The van der Waals surface area contributed by atoms with Crippen molar-refractivity contribution < 1.29 is 4.39 Å². The molecular weight excluding hydrogens is 265 g/mol. The van der Waals surface area contributed by atoms with Gasteiger partial charge in [0.2, 0.25) is 0 Å². The molecule has 21 heavy (non-hydrogen) atoms. The number of nitrogen functional groups attached to an aromatic ring is 1. The summed E-state index contributed by atoms with van der Waals surface area (Å²) in [5.74, 6) is -0.206. The molecule has 0 saturated carbocycles. The Hall–Kier alpha value is -2.09.